The molecule has 2 aromatic rings. The van der Waals surface area contributed by atoms with Gasteiger partial charge in [0.2, 0.25) is 0 Å². The van der Waals surface area contributed by atoms with Crippen molar-refractivity contribution < 1.29 is 14.3 Å². The van der Waals surface area contributed by atoms with Crippen molar-refractivity contribution in [3.8, 4) is 5.82 Å². The monoisotopic (exact) mass is 370 g/mol. The van der Waals surface area contributed by atoms with Gasteiger partial charge in [-0.15, -0.1) is 0 Å². The molecule has 3 rings (SSSR count). The van der Waals surface area contributed by atoms with Crippen molar-refractivity contribution in [2.45, 2.75) is 45.6 Å². The van der Waals surface area contributed by atoms with Crippen LogP contribution in [0.1, 0.15) is 48.7 Å². The molecule has 144 valence electrons. The molecular formula is C20H26N4O3. The normalized spacial score (nSPS) is 19.5. The van der Waals surface area contributed by atoms with Gasteiger partial charge in [-0.05, 0) is 50.7 Å². The highest BCUT2D eigenvalue weighted by Gasteiger charge is 2.26. The number of aromatic nitrogens is 3. The van der Waals surface area contributed by atoms with Crippen LogP contribution in [-0.2, 0) is 9.53 Å². The molecule has 0 atom stereocenters. The number of carbonyl (C=O) groups is 2. The summed E-state index contributed by atoms with van der Waals surface area (Å²) < 4.78 is 6.83. The van der Waals surface area contributed by atoms with E-state index >= 15 is 0 Å². The van der Waals surface area contributed by atoms with E-state index in [0.717, 1.165) is 31.6 Å². The average Bonchev–Trinajstić information content (AvgIpc) is 3.08. The minimum absolute atomic E-state index is 0.169. The zero-order valence-electron chi connectivity index (χ0n) is 16.1. The van der Waals surface area contributed by atoms with Gasteiger partial charge < -0.3 is 9.64 Å². The number of hydrogen-bond donors (Lipinski definition) is 0. The number of carbonyl (C=O) groups excluding carboxylic acids is 2. The standard InChI is InChI=1S/C20H26N4O3/c1-14-7-9-16(10-8-14)23(3)19(25)13-27-20(26)17-12-22-24(15(17)2)18-6-4-5-11-21-18/h4-6,11-12,14,16H,7-10,13H2,1-3H3. The predicted octanol–water partition coefficient (Wildman–Crippen LogP) is 2.77. The summed E-state index contributed by atoms with van der Waals surface area (Å²) in [6.45, 7) is 3.76. The van der Waals surface area contributed by atoms with Crippen LogP contribution < -0.4 is 0 Å². The zero-order valence-corrected chi connectivity index (χ0v) is 16.1. The van der Waals surface area contributed by atoms with Crippen molar-refractivity contribution in [2.24, 2.45) is 5.92 Å². The van der Waals surface area contributed by atoms with Gasteiger partial charge in [-0.3, -0.25) is 4.79 Å². The predicted molar refractivity (Wildman–Crippen MR) is 101 cm³/mol. The molecule has 0 aromatic carbocycles. The van der Waals surface area contributed by atoms with Gasteiger partial charge >= 0.3 is 5.97 Å². The van der Waals surface area contributed by atoms with Gasteiger partial charge in [-0.2, -0.15) is 5.10 Å². The van der Waals surface area contributed by atoms with E-state index in [2.05, 4.69) is 17.0 Å². The smallest absolute Gasteiger partial charge is 0.342 e. The van der Waals surface area contributed by atoms with E-state index < -0.39 is 5.97 Å². The second kappa shape index (κ2) is 8.33. The number of pyridine rings is 1. The number of hydrogen-bond acceptors (Lipinski definition) is 5. The molecule has 1 aliphatic rings. The Balaban J connectivity index is 1.58. The van der Waals surface area contributed by atoms with E-state index in [1.165, 1.54) is 6.20 Å². The number of ether oxygens (including phenoxy) is 1. The van der Waals surface area contributed by atoms with E-state index in [-0.39, 0.29) is 18.6 Å². The van der Waals surface area contributed by atoms with Crippen molar-refractivity contribution in [3.63, 3.8) is 0 Å². The molecule has 27 heavy (non-hydrogen) atoms. The summed E-state index contributed by atoms with van der Waals surface area (Å²) in [5, 5.41) is 4.21. The van der Waals surface area contributed by atoms with Crippen molar-refractivity contribution in [2.75, 3.05) is 13.7 Å². The van der Waals surface area contributed by atoms with E-state index in [1.54, 1.807) is 35.8 Å². The summed E-state index contributed by atoms with van der Waals surface area (Å²) in [5.41, 5.74) is 0.961. The van der Waals surface area contributed by atoms with E-state index in [0.29, 0.717) is 17.1 Å². The fraction of sp³-hybridized carbons (Fsp3) is 0.500. The van der Waals surface area contributed by atoms with Crippen LogP contribution in [-0.4, -0.2) is 51.2 Å². The van der Waals surface area contributed by atoms with Crippen LogP contribution in [0.2, 0.25) is 0 Å². The van der Waals surface area contributed by atoms with E-state index in [9.17, 15) is 9.59 Å². The van der Waals surface area contributed by atoms with Crippen LogP contribution in [0, 0.1) is 12.8 Å². The molecule has 0 radical (unpaired) electrons. The first-order valence-corrected chi connectivity index (χ1v) is 9.36. The quantitative estimate of drug-likeness (QED) is 0.757. The Morgan fingerprint density at radius 3 is 2.67 bits per heavy atom. The highest BCUT2D eigenvalue weighted by molar-refractivity contribution is 5.92. The molecule has 0 unspecified atom stereocenters. The lowest BCUT2D eigenvalue weighted by molar-refractivity contribution is -0.136. The second-order valence-electron chi connectivity index (χ2n) is 7.24. The van der Waals surface area contributed by atoms with Crippen LogP contribution in [0.5, 0.6) is 0 Å². The Hall–Kier alpha value is -2.70. The Morgan fingerprint density at radius 1 is 1.26 bits per heavy atom. The number of nitrogens with zero attached hydrogens (tertiary/aromatic N) is 4. The van der Waals surface area contributed by atoms with E-state index in [1.807, 2.05) is 12.1 Å². The summed E-state index contributed by atoms with van der Waals surface area (Å²) in [6, 6.07) is 5.70. The molecule has 0 spiro atoms. The molecular weight excluding hydrogens is 344 g/mol. The highest BCUT2D eigenvalue weighted by atomic mass is 16.5. The van der Waals surface area contributed by atoms with Gasteiger partial charge in [-0.1, -0.05) is 13.0 Å². The first-order valence-electron chi connectivity index (χ1n) is 9.36. The summed E-state index contributed by atoms with van der Waals surface area (Å²) in [4.78, 5) is 30.7. The van der Waals surface area contributed by atoms with Crippen LogP contribution >= 0.6 is 0 Å². The Kier molecular flexibility index (Phi) is 5.88. The molecule has 0 aliphatic heterocycles. The molecule has 7 heteroatoms. The number of esters is 1. The first-order chi connectivity index (χ1) is 13.0. The number of amides is 1. The van der Waals surface area contributed by atoms with E-state index in [4.69, 9.17) is 4.74 Å². The van der Waals surface area contributed by atoms with Gasteiger partial charge in [0, 0.05) is 19.3 Å². The fourth-order valence-electron chi connectivity index (χ4n) is 3.46. The van der Waals surface area contributed by atoms with Gasteiger partial charge in [0.15, 0.2) is 12.4 Å². The van der Waals surface area contributed by atoms with Crippen LogP contribution in [0.3, 0.4) is 0 Å². The Bertz CT molecular complexity index is 795. The average molecular weight is 370 g/mol. The lowest BCUT2D eigenvalue weighted by atomic mass is 9.87. The van der Waals surface area contributed by atoms with Crippen molar-refractivity contribution in [1.82, 2.24) is 19.7 Å². The lowest BCUT2D eigenvalue weighted by Crippen LogP contribution is -2.41. The third-order valence-electron chi connectivity index (χ3n) is 5.35. The Labute approximate surface area is 159 Å². The molecule has 0 saturated heterocycles. The van der Waals surface area contributed by atoms with Gasteiger partial charge in [0.05, 0.1) is 11.9 Å². The Morgan fingerprint density at radius 2 is 2.00 bits per heavy atom. The lowest BCUT2D eigenvalue weighted by Gasteiger charge is -2.33. The second-order valence-corrected chi connectivity index (χ2v) is 7.24. The summed E-state index contributed by atoms with van der Waals surface area (Å²) in [6.07, 6.45) is 7.39. The van der Waals surface area contributed by atoms with Gasteiger partial charge in [0.25, 0.3) is 5.91 Å². The fourth-order valence-corrected chi connectivity index (χ4v) is 3.46. The molecule has 1 amide bonds. The van der Waals surface area contributed by atoms with Crippen LogP contribution in [0.15, 0.2) is 30.6 Å². The summed E-state index contributed by atoms with van der Waals surface area (Å²) >= 11 is 0. The maximum atomic E-state index is 12.4. The third kappa shape index (κ3) is 4.35. The molecule has 1 saturated carbocycles. The molecule has 1 fully saturated rings. The molecule has 2 aromatic heterocycles. The third-order valence-corrected chi connectivity index (χ3v) is 5.35. The maximum absolute atomic E-state index is 12.4. The zero-order chi connectivity index (χ0) is 19.4. The van der Waals surface area contributed by atoms with Crippen LogP contribution in [0.4, 0.5) is 0 Å². The number of likely N-dealkylation sites (N-methyl/N-ethyl adjacent to an activating group) is 1. The molecule has 7 nitrogen and oxygen atoms in total. The number of rotatable bonds is 5. The minimum atomic E-state index is -0.548. The molecule has 0 bridgehead atoms. The SMILES string of the molecule is Cc1c(C(=O)OCC(=O)N(C)C2CCC(C)CC2)cnn1-c1ccccn1. The maximum Gasteiger partial charge on any atom is 0.342 e. The topological polar surface area (TPSA) is 77.3 Å². The first kappa shape index (κ1) is 19.1. The highest BCUT2D eigenvalue weighted by Crippen LogP contribution is 2.26. The largest absolute Gasteiger partial charge is 0.452 e. The van der Waals surface area contributed by atoms with Crippen molar-refractivity contribution in [1.29, 1.82) is 0 Å². The van der Waals surface area contributed by atoms with Gasteiger partial charge in [-0.25, -0.2) is 14.5 Å². The minimum Gasteiger partial charge on any atom is -0.452 e. The summed E-state index contributed by atoms with van der Waals surface area (Å²) in [7, 11) is 1.79. The van der Waals surface area contributed by atoms with Crippen molar-refractivity contribution in [3.05, 3.63) is 41.9 Å². The summed E-state index contributed by atoms with van der Waals surface area (Å²) in [5.74, 6) is 0.629. The van der Waals surface area contributed by atoms with Crippen molar-refractivity contribution >= 4 is 11.9 Å². The van der Waals surface area contributed by atoms with Gasteiger partial charge in [0.1, 0.15) is 5.56 Å². The van der Waals surface area contributed by atoms with Crippen LogP contribution in [0.25, 0.3) is 5.82 Å². The molecule has 1 aliphatic carbocycles. The molecule has 2 heterocycles. The molecule has 0 N–H and O–H groups in total.